The molecule has 1 amide bonds. The van der Waals surface area contributed by atoms with Crippen LogP contribution in [0, 0.1) is 20.8 Å². The van der Waals surface area contributed by atoms with E-state index >= 15 is 0 Å². The van der Waals surface area contributed by atoms with Crippen molar-refractivity contribution in [3.05, 3.63) is 56.5 Å². The van der Waals surface area contributed by atoms with E-state index in [1.165, 1.54) is 6.42 Å². The van der Waals surface area contributed by atoms with E-state index < -0.39 is 0 Å². The minimum absolute atomic E-state index is 0.167. The number of benzene rings is 1. The third-order valence-electron chi connectivity index (χ3n) is 6.19. The molecule has 1 aromatic carbocycles. The van der Waals surface area contributed by atoms with Crippen molar-refractivity contribution < 1.29 is 14.3 Å². The van der Waals surface area contributed by atoms with Crippen LogP contribution in [0.5, 0.6) is 5.75 Å². The van der Waals surface area contributed by atoms with E-state index in [0.29, 0.717) is 23.5 Å². The summed E-state index contributed by atoms with van der Waals surface area (Å²) in [5, 5.41) is 6.43. The number of nitrogens with one attached hydrogen (secondary N) is 3. The number of aromatic amines is 1. The van der Waals surface area contributed by atoms with E-state index in [1.807, 2.05) is 39.0 Å². The van der Waals surface area contributed by atoms with Gasteiger partial charge in [0.15, 0.2) is 0 Å². The third-order valence-corrected chi connectivity index (χ3v) is 6.19. The standard InChI is InChI=1S/C24H31N3O4/c1-14-9-15(2)26-24(29)21(14)12-25-23(28)20-10-19(31-18-5-4-6-18)11-22(16(20)3)27-17-7-8-30-13-17/h9-11,17-18,27H,4-8,12-13H2,1-3H3,(H,25,28)(H,26,29). The van der Waals surface area contributed by atoms with Crippen LogP contribution in [0.2, 0.25) is 0 Å². The summed E-state index contributed by atoms with van der Waals surface area (Å²) in [6.45, 7) is 7.24. The van der Waals surface area contributed by atoms with Crippen molar-refractivity contribution in [1.82, 2.24) is 10.3 Å². The molecule has 1 aliphatic heterocycles. The van der Waals surface area contributed by atoms with Crippen molar-refractivity contribution in [1.29, 1.82) is 0 Å². The number of aryl methyl sites for hydroxylation is 2. The van der Waals surface area contributed by atoms with Gasteiger partial charge in [-0.2, -0.15) is 0 Å². The molecule has 1 saturated heterocycles. The molecule has 1 aromatic heterocycles. The van der Waals surface area contributed by atoms with Gasteiger partial charge in [0.05, 0.1) is 18.8 Å². The first-order valence-corrected chi connectivity index (χ1v) is 11.0. The minimum atomic E-state index is -0.221. The SMILES string of the molecule is Cc1cc(C)c(CNC(=O)c2cc(OC3CCC3)cc(NC3CCOC3)c2C)c(=O)[nH]1. The average molecular weight is 426 g/mol. The number of carbonyl (C=O) groups excluding carboxylic acids is 1. The fourth-order valence-corrected chi connectivity index (χ4v) is 4.06. The largest absolute Gasteiger partial charge is 0.490 e. The molecule has 1 atom stereocenters. The lowest BCUT2D eigenvalue weighted by Gasteiger charge is -2.27. The molecule has 2 fully saturated rings. The van der Waals surface area contributed by atoms with Crippen molar-refractivity contribution >= 4 is 11.6 Å². The summed E-state index contributed by atoms with van der Waals surface area (Å²) < 4.78 is 11.6. The molecule has 1 saturated carbocycles. The summed E-state index contributed by atoms with van der Waals surface area (Å²) in [5.74, 6) is 0.480. The average Bonchev–Trinajstić information content (AvgIpc) is 3.19. The van der Waals surface area contributed by atoms with Crippen molar-refractivity contribution in [3.63, 3.8) is 0 Å². The van der Waals surface area contributed by atoms with Crippen molar-refractivity contribution in [2.24, 2.45) is 0 Å². The number of H-pyrrole nitrogens is 1. The Bertz CT molecular complexity index is 1020. The molecule has 0 radical (unpaired) electrons. The molecule has 7 nitrogen and oxygen atoms in total. The number of pyridine rings is 1. The van der Waals surface area contributed by atoms with Gasteiger partial charge in [-0.3, -0.25) is 9.59 Å². The van der Waals surface area contributed by atoms with E-state index in [9.17, 15) is 9.59 Å². The molecule has 0 spiro atoms. The van der Waals surface area contributed by atoms with E-state index in [1.54, 1.807) is 0 Å². The summed E-state index contributed by atoms with van der Waals surface area (Å²) in [6.07, 6.45) is 4.42. The molecular weight excluding hydrogens is 394 g/mol. The van der Waals surface area contributed by atoms with Gasteiger partial charge >= 0.3 is 0 Å². The summed E-state index contributed by atoms with van der Waals surface area (Å²) in [4.78, 5) is 28.2. The van der Waals surface area contributed by atoms with E-state index in [2.05, 4.69) is 15.6 Å². The van der Waals surface area contributed by atoms with Gasteiger partial charge in [0.2, 0.25) is 0 Å². The summed E-state index contributed by atoms with van der Waals surface area (Å²) in [6, 6.07) is 5.93. The molecular formula is C24H31N3O4. The zero-order chi connectivity index (χ0) is 22.0. The molecule has 1 unspecified atom stereocenters. The number of amides is 1. The van der Waals surface area contributed by atoms with Crippen LogP contribution in [0.1, 0.15) is 58.4 Å². The van der Waals surface area contributed by atoms with Crippen LogP contribution in [-0.2, 0) is 11.3 Å². The molecule has 3 N–H and O–H groups in total. The van der Waals surface area contributed by atoms with Crippen LogP contribution >= 0.6 is 0 Å². The Labute approximate surface area is 182 Å². The molecule has 2 heterocycles. The van der Waals surface area contributed by atoms with Crippen LogP contribution in [0.4, 0.5) is 5.69 Å². The Kier molecular flexibility index (Phi) is 6.32. The van der Waals surface area contributed by atoms with Crippen LogP contribution in [0.15, 0.2) is 23.0 Å². The molecule has 166 valence electrons. The van der Waals surface area contributed by atoms with E-state index in [4.69, 9.17) is 9.47 Å². The van der Waals surface area contributed by atoms with E-state index in [0.717, 1.165) is 48.4 Å². The highest BCUT2D eigenvalue weighted by Gasteiger charge is 2.23. The fraction of sp³-hybridized carbons (Fsp3) is 0.500. The second-order valence-electron chi connectivity index (χ2n) is 8.64. The second-order valence-corrected chi connectivity index (χ2v) is 8.64. The lowest BCUT2D eigenvalue weighted by atomic mass is 9.96. The molecule has 2 aliphatic rings. The lowest BCUT2D eigenvalue weighted by molar-refractivity contribution is 0.0947. The van der Waals surface area contributed by atoms with Crippen LogP contribution in [0.25, 0.3) is 0 Å². The van der Waals surface area contributed by atoms with Gasteiger partial charge < -0.3 is 25.1 Å². The fourth-order valence-electron chi connectivity index (χ4n) is 4.06. The van der Waals surface area contributed by atoms with Crippen molar-refractivity contribution in [3.8, 4) is 5.75 Å². The predicted octanol–water partition coefficient (Wildman–Crippen LogP) is 3.36. The zero-order valence-electron chi connectivity index (χ0n) is 18.5. The highest BCUT2D eigenvalue weighted by molar-refractivity contribution is 5.97. The van der Waals surface area contributed by atoms with Crippen LogP contribution in [0.3, 0.4) is 0 Å². The van der Waals surface area contributed by atoms with Crippen molar-refractivity contribution in [2.75, 3.05) is 18.5 Å². The number of anilines is 1. The number of hydrogen-bond acceptors (Lipinski definition) is 5. The first-order valence-electron chi connectivity index (χ1n) is 11.0. The van der Waals surface area contributed by atoms with Gasteiger partial charge in [0.25, 0.3) is 11.5 Å². The van der Waals surface area contributed by atoms with Gasteiger partial charge in [-0.05, 0) is 69.7 Å². The maximum absolute atomic E-state index is 13.1. The van der Waals surface area contributed by atoms with Crippen LogP contribution in [-0.4, -0.2) is 36.3 Å². The topological polar surface area (TPSA) is 92.4 Å². The molecule has 0 bridgehead atoms. The summed E-state index contributed by atoms with van der Waals surface area (Å²) in [5.41, 5.74) is 4.38. The number of aromatic nitrogens is 1. The van der Waals surface area contributed by atoms with Crippen molar-refractivity contribution in [2.45, 2.75) is 65.1 Å². The maximum atomic E-state index is 13.1. The highest BCUT2D eigenvalue weighted by Crippen LogP contribution is 2.31. The molecule has 31 heavy (non-hydrogen) atoms. The summed E-state index contributed by atoms with van der Waals surface area (Å²) in [7, 11) is 0. The molecule has 2 aromatic rings. The Morgan fingerprint density at radius 3 is 2.65 bits per heavy atom. The molecule has 1 aliphatic carbocycles. The van der Waals surface area contributed by atoms with Gasteiger partial charge in [-0.15, -0.1) is 0 Å². The zero-order valence-corrected chi connectivity index (χ0v) is 18.5. The third kappa shape index (κ3) is 4.93. The maximum Gasteiger partial charge on any atom is 0.253 e. The number of carbonyl (C=O) groups is 1. The number of rotatable bonds is 7. The Balaban J connectivity index is 1.56. The first kappa shape index (κ1) is 21.4. The Hall–Kier alpha value is -2.80. The van der Waals surface area contributed by atoms with Gasteiger partial charge in [0.1, 0.15) is 5.75 Å². The normalized spacial score (nSPS) is 18.5. The van der Waals surface area contributed by atoms with Gasteiger partial charge in [-0.1, -0.05) is 0 Å². The number of ether oxygens (including phenoxy) is 2. The van der Waals surface area contributed by atoms with E-state index in [-0.39, 0.29) is 30.2 Å². The first-order chi connectivity index (χ1) is 14.9. The van der Waals surface area contributed by atoms with Gasteiger partial charge in [-0.25, -0.2) is 0 Å². The van der Waals surface area contributed by atoms with Gasteiger partial charge in [0, 0.05) is 41.7 Å². The molecule has 4 rings (SSSR count). The number of hydrogen-bond donors (Lipinski definition) is 3. The monoisotopic (exact) mass is 425 g/mol. The lowest BCUT2D eigenvalue weighted by Crippen LogP contribution is -2.29. The smallest absolute Gasteiger partial charge is 0.253 e. The summed E-state index contributed by atoms with van der Waals surface area (Å²) >= 11 is 0. The quantitative estimate of drug-likeness (QED) is 0.633. The van der Waals surface area contributed by atoms with Crippen LogP contribution < -0.4 is 20.9 Å². The molecule has 7 heteroatoms. The Morgan fingerprint density at radius 1 is 1.19 bits per heavy atom. The Morgan fingerprint density at radius 2 is 2.00 bits per heavy atom. The minimum Gasteiger partial charge on any atom is -0.490 e. The predicted molar refractivity (Wildman–Crippen MR) is 120 cm³/mol. The highest BCUT2D eigenvalue weighted by atomic mass is 16.5. The second kappa shape index (κ2) is 9.14.